The van der Waals surface area contributed by atoms with Gasteiger partial charge >= 0.3 is 0 Å². The van der Waals surface area contributed by atoms with E-state index in [4.69, 9.17) is 4.74 Å². The monoisotopic (exact) mass is 513 g/mol. The summed E-state index contributed by atoms with van der Waals surface area (Å²) >= 11 is 0. The Balaban J connectivity index is 1.42. The number of likely N-dealkylation sites (tertiary alicyclic amines) is 1. The number of methoxy groups -OCH3 is 1. The number of rotatable bonds is 10. The molecule has 1 fully saturated rings. The van der Waals surface area contributed by atoms with Crippen molar-refractivity contribution in [2.24, 2.45) is 0 Å². The minimum absolute atomic E-state index is 0.00173. The number of nitrogens with one attached hydrogen (secondary N) is 1. The van der Waals surface area contributed by atoms with Gasteiger partial charge in [0, 0.05) is 38.3 Å². The number of phenols is 1. The fraction of sp³-hybridized carbons (Fsp3) is 0.290. The molecular weight excluding hydrogens is 478 g/mol. The molecule has 0 saturated carbocycles. The van der Waals surface area contributed by atoms with E-state index in [0.29, 0.717) is 12.3 Å². The molecule has 2 N–H and O–H groups in total. The average molecular weight is 514 g/mol. The quantitative estimate of drug-likeness (QED) is 0.397. The lowest BCUT2D eigenvalue weighted by atomic mass is 10.0. The smallest absolute Gasteiger partial charge is 0.247 e. The van der Waals surface area contributed by atoms with E-state index in [-0.39, 0.29) is 30.2 Å². The zero-order valence-electron chi connectivity index (χ0n) is 21.8. The van der Waals surface area contributed by atoms with Crippen LogP contribution in [0, 0.1) is 0 Å². The predicted molar refractivity (Wildman–Crippen MR) is 148 cm³/mol. The Bertz CT molecular complexity index is 1220. The van der Waals surface area contributed by atoms with Crippen LogP contribution in [0.5, 0.6) is 11.5 Å². The number of nitrogens with zero attached hydrogens (tertiary/aromatic N) is 2. The van der Waals surface area contributed by atoms with Gasteiger partial charge in [0.2, 0.25) is 11.8 Å². The number of hydrogen-bond acceptors (Lipinski definition) is 5. The summed E-state index contributed by atoms with van der Waals surface area (Å²) in [4.78, 5) is 30.4. The first-order valence-corrected chi connectivity index (χ1v) is 12.9. The maximum absolute atomic E-state index is 13.4. The summed E-state index contributed by atoms with van der Waals surface area (Å²) in [5.74, 6) is -0.0282. The molecule has 7 nitrogen and oxygen atoms in total. The summed E-state index contributed by atoms with van der Waals surface area (Å²) in [6.45, 7) is 3.00. The van der Waals surface area contributed by atoms with Crippen LogP contribution in [0.3, 0.4) is 0 Å². The van der Waals surface area contributed by atoms with Gasteiger partial charge in [0.1, 0.15) is 6.54 Å². The minimum atomic E-state index is -0.214. The number of carbonyl (C=O) groups is 2. The van der Waals surface area contributed by atoms with Crippen LogP contribution in [0.4, 0.5) is 0 Å². The highest BCUT2D eigenvalue weighted by molar-refractivity contribution is 5.94. The molecular formula is C31H35N3O4. The fourth-order valence-electron chi connectivity index (χ4n) is 4.69. The third-order valence-corrected chi connectivity index (χ3v) is 6.80. The predicted octanol–water partition coefficient (Wildman–Crippen LogP) is 4.22. The van der Waals surface area contributed by atoms with Crippen LogP contribution >= 0.6 is 0 Å². The topological polar surface area (TPSA) is 82.1 Å². The summed E-state index contributed by atoms with van der Waals surface area (Å²) in [5.41, 5.74) is 3.00. The average Bonchev–Trinajstić information content (AvgIpc) is 2.96. The molecule has 1 aliphatic rings. The molecule has 198 valence electrons. The van der Waals surface area contributed by atoms with Crippen LogP contribution in [0.25, 0.3) is 6.08 Å². The lowest BCUT2D eigenvalue weighted by molar-refractivity contribution is -0.135. The Morgan fingerprint density at radius 2 is 1.66 bits per heavy atom. The normalized spacial score (nSPS) is 14.3. The number of ether oxygens (including phenoxy) is 1. The molecule has 0 atom stereocenters. The Morgan fingerprint density at radius 1 is 1.00 bits per heavy atom. The summed E-state index contributed by atoms with van der Waals surface area (Å²) in [6, 6.07) is 25.0. The summed E-state index contributed by atoms with van der Waals surface area (Å²) in [5, 5.41) is 12.8. The lowest BCUT2D eigenvalue weighted by Gasteiger charge is -2.38. The second-order valence-corrected chi connectivity index (χ2v) is 9.49. The molecule has 1 aliphatic heterocycles. The van der Waals surface area contributed by atoms with Gasteiger partial charge in [0.15, 0.2) is 11.5 Å². The van der Waals surface area contributed by atoms with Crippen molar-refractivity contribution in [2.45, 2.75) is 32.0 Å². The van der Waals surface area contributed by atoms with E-state index in [1.165, 1.54) is 24.8 Å². The van der Waals surface area contributed by atoms with Gasteiger partial charge in [0.25, 0.3) is 0 Å². The number of phenolic OH excluding ortho intramolecular Hbond substituents is 1. The van der Waals surface area contributed by atoms with Gasteiger partial charge in [0.05, 0.1) is 7.11 Å². The maximum atomic E-state index is 13.4. The third-order valence-electron chi connectivity index (χ3n) is 6.80. The van der Waals surface area contributed by atoms with E-state index in [1.54, 1.807) is 23.1 Å². The standard InChI is InChI=1S/C31H35N3O4/c1-38-29-20-24(12-14-28(29)35)13-15-31(37)34(23-30(36)32-21-25-8-4-2-5-9-25)27-16-18-33(19-17-27)22-26-10-6-3-7-11-26/h2-15,20,27,35H,16-19,21-23H2,1H3,(H,32,36)/b15-13+. The Hall–Kier alpha value is -4.10. The first-order chi connectivity index (χ1) is 18.5. The fourth-order valence-corrected chi connectivity index (χ4v) is 4.69. The highest BCUT2D eigenvalue weighted by atomic mass is 16.5. The second-order valence-electron chi connectivity index (χ2n) is 9.49. The van der Waals surface area contributed by atoms with Gasteiger partial charge in [-0.3, -0.25) is 14.5 Å². The van der Waals surface area contributed by atoms with Gasteiger partial charge in [-0.2, -0.15) is 0 Å². The van der Waals surface area contributed by atoms with E-state index >= 15 is 0 Å². The van der Waals surface area contributed by atoms with E-state index in [9.17, 15) is 14.7 Å². The molecule has 38 heavy (non-hydrogen) atoms. The Kier molecular flexibility index (Phi) is 9.54. The molecule has 0 spiro atoms. The molecule has 0 aliphatic carbocycles. The van der Waals surface area contributed by atoms with Crippen molar-refractivity contribution in [3.05, 3.63) is 102 Å². The number of carbonyl (C=O) groups excluding carboxylic acids is 2. The molecule has 4 rings (SSSR count). The van der Waals surface area contributed by atoms with Crippen molar-refractivity contribution in [1.29, 1.82) is 0 Å². The van der Waals surface area contributed by atoms with Gasteiger partial charge in [-0.15, -0.1) is 0 Å². The van der Waals surface area contributed by atoms with Crippen molar-refractivity contribution in [3.8, 4) is 11.5 Å². The van der Waals surface area contributed by atoms with Gasteiger partial charge in [-0.25, -0.2) is 0 Å². The number of piperidine rings is 1. The molecule has 0 radical (unpaired) electrons. The third kappa shape index (κ3) is 7.70. The minimum Gasteiger partial charge on any atom is -0.504 e. The van der Waals surface area contributed by atoms with E-state index < -0.39 is 0 Å². The van der Waals surface area contributed by atoms with Crippen LogP contribution in [0.1, 0.15) is 29.5 Å². The molecule has 3 aromatic carbocycles. The van der Waals surface area contributed by atoms with Crippen molar-refractivity contribution in [1.82, 2.24) is 15.1 Å². The molecule has 3 aromatic rings. The van der Waals surface area contributed by atoms with E-state index in [2.05, 4.69) is 22.3 Å². The number of hydrogen-bond donors (Lipinski definition) is 2. The zero-order chi connectivity index (χ0) is 26.7. The first-order valence-electron chi connectivity index (χ1n) is 12.9. The molecule has 7 heteroatoms. The second kappa shape index (κ2) is 13.4. The van der Waals surface area contributed by atoms with Crippen molar-refractivity contribution >= 4 is 17.9 Å². The number of aromatic hydroxyl groups is 1. The SMILES string of the molecule is COc1cc(/C=C/C(=O)N(CC(=O)NCc2ccccc2)C2CCN(Cc3ccccc3)CC2)ccc1O. The molecule has 0 aromatic heterocycles. The van der Waals surface area contributed by atoms with Crippen molar-refractivity contribution in [2.75, 3.05) is 26.7 Å². The van der Waals surface area contributed by atoms with Crippen molar-refractivity contribution < 1.29 is 19.4 Å². The zero-order valence-corrected chi connectivity index (χ0v) is 21.8. The summed E-state index contributed by atoms with van der Waals surface area (Å²) < 4.78 is 5.17. The Labute approximate surface area is 224 Å². The van der Waals surface area contributed by atoms with Gasteiger partial charge in [-0.05, 0) is 47.7 Å². The number of amides is 2. The summed E-state index contributed by atoms with van der Waals surface area (Å²) in [7, 11) is 1.48. The molecule has 0 bridgehead atoms. The molecule has 1 saturated heterocycles. The van der Waals surface area contributed by atoms with Crippen LogP contribution in [-0.4, -0.2) is 59.5 Å². The van der Waals surface area contributed by atoms with Gasteiger partial charge < -0.3 is 20.1 Å². The molecule has 1 heterocycles. The highest BCUT2D eigenvalue weighted by Gasteiger charge is 2.28. The first kappa shape index (κ1) is 26.9. The van der Waals surface area contributed by atoms with Crippen molar-refractivity contribution in [3.63, 3.8) is 0 Å². The van der Waals surface area contributed by atoms with Crippen LogP contribution < -0.4 is 10.1 Å². The maximum Gasteiger partial charge on any atom is 0.247 e. The van der Waals surface area contributed by atoms with Crippen LogP contribution in [-0.2, 0) is 22.7 Å². The molecule has 0 unspecified atom stereocenters. The molecule has 2 amide bonds. The van der Waals surface area contributed by atoms with Gasteiger partial charge in [-0.1, -0.05) is 66.7 Å². The summed E-state index contributed by atoms with van der Waals surface area (Å²) in [6.07, 6.45) is 4.77. The Morgan fingerprint density at radius 3 is 2.32 bits per heavy atom. The van der Waals surface area contributed by atoms with Crippen LogP contribution in [0.15, 0.2) is 84.9 Å². The number of benzene rings is 3. The lowest BCUT2D eigenvalue weighted by Crippen LogP contribution is -2.50. The highest BCUT2D eigenvalue weighted by Crippen LogP contribution is 2.27. The largest absolute Gasteiger partial charge is 0.504 e. The van der Waals surface area contributed by atoms with E-state index in [0.717, 1.165) is 43.6 Å². The van der Waals surface area contributed by atoms with Crippen LogP contribution in [0.2, 0.25) is 0 Å². The van der Waals surface area contributed by atoms with E-state index in [1.807, 2.05) is 48.5 Å².